The van der Waals surface area contributed by atoms with Crippen molar-refractivity contribution in [2.75, 3.05) is 7.11 Å². The Kier molecular flexibility index (Phi) is 4.94. The first-order valence-electron chi connectivity index (χ1n) is 9.65. The monoisotopic (exact) mass is 379 g/mol. The van der Waals surface area contributed by atoms with Gasteiger partial charge in [-0.1, -0.05) is 24.3 Å². The van der Waals surface area contributed by atoms with Gasteiger partial charge in [-0.15, -0.1) is 0 Å². The number of nitrogens with zero attached hydrogens (tertiary/aromatic N) is 3. The Morgan fingerprint density at radius 1 is 1.11 bits per heavy atom. The highest BCUT2D eigenvalue weighted by molar-refractivity contribution is 5.78. The largest absolute Gasteiger partial charge is 0.497 e. The Morgan fingerprint density at radius 3 is 2.43 bits per heavy atom. The zero-order valence-electron chi connectivity index (χ0n) is 16.3. The van der Waals surface area contributed by atoms with E-state index in [0.717, 1.165) is 35.2 Å². The Labute approximate surface area is 163 Å². The topological polar surface area (TPSA) is 56.5 Å². The number of fused-ring (bicyclic) bond motifs is 1. The summed E-state index contributed by atoms with van der Waals surface area (Å²) < 4.78 is 8.54. The molecule has 1 heterocycles. The third-order valence-electron chi connectivity index (χ3n) is 5.42. The first-order chi connectivity index (χ1) is 13.6. The predicted octanol–water partition coefficient (Wildman–Crippen LogP) is 2.93. The van der Waals surface area contributed by atoms with Gasteiger partial charge in [-0.05, 0) is 42.7 Å². The van der Waals surface area contributed by atoms with Crippen LogP contribution in [0.1, 0.15) is 24.8 Å². The number of aryl methyl sites for hydroxylation is 2. The summed E-state index contributed by atoms with van der Waals surface area (Å²) in [5.41, 5.74) is 2.76. The van der Waals surface area contributed by atoms with Crippen LogP contribution in [0.4, 0.5) is 0 Å². The zero-order chi connectivity index (χ0) is 19.7. The molecule has 1 saturated carbocycles. The fraction of sp³-hybridized carbons (Fsp3) is 0.364. The first-order valence-corrected chi connectivity index (χ1v) is 9.65. The quantitative estimate of drug-likeness (QED) is 0.634. The minimum Gasteiger partial charge on any atom is -0.497 e. The standard InChI is InChI=1S/C22H25N3O3/c1-23-19-5-3-4-6-20(19)24(22(23)27)14-13-21(26)25(17-9-10-17)15-16-7-11-18(28-2)12-8-16/h3-8,11-12,17H,9-10,13-15H2,1-2H3. The minimum absolute atomic E-state index is 0.0814. The van der Waals surface area contributed by atoms with Gasteiger partial charge < -0.3 is 9.64 Å². The fourth-order valence-corrected chi connectivity index (χ4v) is 3.67. The third kappa shape index (κ3) is 3.54. The normalized spacial score (nSPS) is 13.6. The van der Waals surface area contributed by atoms with Crippen molar-refractivity contribution in [2.45, 2.75) is 38.4 Å². The molecule has 0 bridgehead atoms. The second-order valence-electron chi connectivity index (χ2n) is 7.33. The number of rotatable bonds is 7. The van der Waals surface area contributed by atoms with E-state index in [9.17, 15) is 9.59 Å². The van der Waals surface area contributed by atoms with E-state index < -0.39 is 0 Å². The van der Waals surface area contributed by atoms with Crippen LogP contribution in [-0.4, -0.2) is 33.1 Å². The molecule has 1 amide bonds. The van der Waals surface area contributed by atoms with Crippen molar-refractivity contribution in [1.82, 2.24) is 14.0 Å². The lowest BCUT2D eigenvalue weighted by molar-refractivity contribution is -0.132. The van der Waals surface area contributed by atoms with E-state index in [0.29, 0.717) is 25.6 Å². The van der Waals surface area contributed by atoms with Crippen LogP contribution in [-0.2, 0) is 24.9 Å². The highest BCUT2D eigenvalue weighted by atomic mass is 16.5. The average Bonchev–Trinajstić information content (AvgIpc) is 3.53. The van der Waals surface area contributed by atoms with Gasteiger partial charge >= 0.3 is 5.69 Å². The molecule has 6 heteroatoms. The van der Waals surface area contributed by atoms with Gasteiger partial charge in [0, 0.05) is 32.6 Å². The van der Waals surface area contributed by atoms with Gasteiger partial charge in [0.25, 0.3) is 0 Å². The van der Waals surface area contributed by atoms with Crippen molar-refractivity contribution in [2.24, 2.45) is 7.05 Å². The third-order valence-corrected chi connectivity index (χ3v) is 5.42. The van der Waals surface area contributed by atoms with Crippen LogP contribution in [0.5, 0.6) is 5.75 Å². The number of aromatic nitrogens is 2. The summed E-state index contributed by atoms with van der Waals surface area (Å²) in [7, 11) is 3.41. The number of amides is 1. The van der Waals surface area contributed by atoms with Crippen molar-refractivity contribution in [3.8, 4) is 5.75 Å². The molecule has 1 aliphatic carbocycles. The molecule has 1 aromatic heterocycles. The van der Waals surface area contributed by atoms with Gasteiger partial charge in [-0.25, -0.2) is 4.79 Å². The molecule has 146 valence electrons. The number of hydrogen-bond acceptors (Lipinski definition) is 3. The highest BCUT2D eigenvalue weighted by Gasteiger charge is 2.32. The van der Waals surface area contributed by atoms with Crippen molar-refractivity contribution in [3.05, 3.63) is 64.6 Å². The van der Waals surface area contributed by atoms with E-state index >= 15 is 0 Å². The van der Waals surface area contributed by atoms with Crippen molar-refractivity contribution in [3.63, 3.8) is 0 Å². The number of carbonyl (C=O) groups excluding carboxylic acids is 1. The maximum absolute atomic E-state index is 13.0. The number of methoxy groups -OCH3 is 1. The molecule has 0 N–H and O–H groups in total. The number of carbonyl (C=O) groups is 1. The maximum atomic E-state index is 13.0. The van der Waals surface area contributed by atoms with E-state index in [1.54, 1.807) is 23.3 Å². The lowest BCUT2D eigenvalue weighted by Gasteiger charge is -2.23. The van der Waals surface area contributed by atoms with Crippen molar-refractivity contribution >= 4 is 16.9 Å². The molecule has 0 radical (unpaired) electrons. The summed E-state index contributed by atoms with van der Waals surface area (Å²) in [5, 5.41) is 0. The van der Waals surface area contributed by atoms with Crippen LogP contribution >= 0.6 is 0 Å². The zero-order valence-corrected chi connectivity index (χ0v) is 16.3. The lowest BCUT2D eigenvalue weighted by atomic mass is 10.2. The summed E-state index contributed by atoms with van der Waals surface area (Å²) in [4.78, 5) is 27.5. The van der Waals surface area contributed by atoms with E-state index in [1.165, 1.54) is 0 Å². The van der Waals surface area contributed by atoms with Gasteiger partial charge in [0.15, 0.2) is 0 Å². The van der Waals surface area contributed by atoms with Gasteiger partial charge in [0.1, 0.15) is 5.75 Å². The Hall–Kier alpha value is -3.02. The molecule has 0 spiro atoms. The van der Waals surface area contributed by atoms with E-state index in [-0.39, 0.29) is 11.6 Å². The molecule has 0 saturated heterocycles. The van der Waals surface area contributed by atoms with Crippen LogP contribution in [0, 0.1) is 0 Å². The number of imidazole rings is 1. The summed E-state index contributed by atoms with van der Waals surface area (Å²) in [6, 6.07) is 15.8. The number of ether oxygens (including phenoxy) is 1. The van der Waals surface area contributed by atoms with Crippen molar-refractivity contribution < 1.29 is 9.53 Å². The summed E-state index contributed by atoms with van der Waals surface area (Å²) in [6.07, 6.45) is 2.42. The lowest BCUT2D eigenvalue weighted by Crippen LogP contribution is -2.34. The summed E-state index contributed by atoms with van der Waals surface area (Å²) >= 11 is 0. The Bertz CT molecular complexity index is 1050. The molecule has 28 heavy (non-hydrogen) atoms. The number of para-hydroxylation sites is 2. The molecule has 1 aliphatic rings. The second-order valence-corrected chi connectivity index (χ2v) is 7.33. The molecule has 0 aliphatic heterocycles. The molecular weight excluding hydrogens is 354 g/mol. The van der Waals surface area contributed by atoms with Gasteiger partial charge in [-0.2, -0.15) is 0 Å². The SMILES string of the molecule is COc1ccc(CN(C(=O)CCn2c(=O)n(C)c3ccccc32)C2CC2)cc1. The van der Waals surface area contributed by atoms with Crippen LogP contribution in [0.15, 0.2) is 53.3 Å². The van der Waals surface area contributed by atoms with Crippen LogP contribution in [0.2, 0.25) is 0 Å². The van der Waals surface area contributed by atoms with Gasteiger partial charge in [-0.3, -0.25) is 13.9 Å². The highest BCUT2D eigenvalue weighted by Crippen LogP contribution is 2.29. The molecule has 0 atom stereocenters. The molecule has 3 aromatic rings. The Morgan fingerprint density at radius 2 is 1.79 bits per heavy atom. The molecule has 1 fully saturated rings. The molecule has 4 rings (SSSR count). The summed E-state index contributed by atoms with van der Waals surface area (Å²) in [5.74, 6) is 0.904. The summed E-state index contributed by atoms with van der Waals surface area (Å²) in [6.45, 7) is 0.989. The second kappa shape index (κ2) is 7.54. The number of benzene rings is 2. The maximum Gasteiger partial charge on any atom is 0.328 e. The van der Waals surface area contributed by atoms with Gasteiger partial charge in [0.2, 0.25) is 5.91 Å². The van der Waals surface area contributed by atoms with E-state index in [1.807, 2.05) is 53.4 Å². The first kappa shape index (κ1) is 18.3. The number of hydrogen-bond donors (Lipinski definition) is 0. The van der Waals surface area contributed by atoms with Crippen LogP contribution in [0.25, 0.3) is 11.0 Å². The molecule has 0 unspecified atom stereocenters. The molecule has 2 aromatic carbocycles. The average molecular weight is 379 g/mol. The Balaban J connectivity index is 1.48. The molecule has 6 nitrogen and oxygen atoms in total. The predicted molar refractivity (Wildman–Crippen MR) is 108 cm³/mol. The fourth-order valence-electron chi connectivity index (χ4n) is 3.67. The van der Waals surface area contributed by atoms with Gasteiger partial charge in [0.05, 0.1) is 18.1 Å². The van der Waals surface area contributed by atoms with E-state index in [2.05, 4.69) is 0 Å². The minimum atomic E-state index is -0.0814. The van der Waals surface area contributed by atoms with Crippen LogP contribution < -0.4 is 10.4 Å². The molecular formula is C22H25N3O3. The van der Waals surface area contributed by atoms with Crippen molar-refractivity contribution in [1.29, 1.82) is 0 Å². The smallest absolute Gasteiger partial charge is 0.328 e. The van der Waals surface area contributed by atoms with E-state index in [4.69, 9.17) is 4.74 Å². The van der Waals surface area contributed by atoms with Crippen LogP contribution in [0.3, 0.4) is 0 Å².